The van der Waals surface area contributed by atoms with E-state index in [0.717, 1.165) is 32.4 Å². The van der Waals surface area contributed by atoms with Crippen LogP contribution in [0, 0.1) is 5.41 Å². The van der Waals surface area contributed by atoms with Gasteiger partial charge in [-0.2, -0.15) is 0 Å². The van der Waals surface area contributed by atoms with Crippen LogP contribution in [0.2, 0.25) is 0 Å². The SMILES string of the molecule is CC(=O)O.CCCCCC(C)(C)CCCNN1C=NCN=C1NCc1ccccc1. The quantitative estimate of drug-likeness (QED) is 0.464. The van der Waals surface area contributed by atoms with Crippen molar-refractivity contribution in [2.24, 2.45) is 15.4 Å². The third-order valence-corrected chi connectivity index (χ3v) is 4.79. The Morgan fingerprint density at radius 3 is 2.50 bits per heavy atom. The van der Waals surface area contributed by atoms with Crippen molar-refractivity contribution in [2.75, 3.05) is 13.2 Å². The molecule has 30 heavy (non-hydrogen) atoms. The van der Waals surface area contributed by atoms with Crippen molar-refractivity contribution in [3.05, 3.63) is 35.9 Å². The molecule has 3 N–H and O–H groups in total. The molecule has 0 saturated carbocycles. The summed E-state index contributed by atoms with van der Waals surface area (Å²) in [5.41, 5.74) is 5.11. The van der Waals surface area contributed by atoms with Crippen molar-refractivity contribution in [3.8, 4) is 0 Å². The summed E-state index contributed by atoms with van der Waals surface area (Å²) in [5, 5.41) is 12.7. The Labute approximate surface area is 181 Å². The highest BCUT2D eigenvalue weighted by Crippen LogP contribution is 2.28. The van der Waals surface area contributed by atoms with E-state index in [1.807, 2.05) is 17.4 Å². The van der Waals surface area contributed by atoms with Crippen LogP contribution in [0.1, 0.15) is 71.8 Å². The number of carboxylic acids is 1. The first kappa shape index (κ1) is 25.6. The molecule has 1 aromatic rings. The molecular weight excluding hydrogens is 378 g/mol. The van der Waals surface area contributed by atoms with Gasteiger partial charge in [0.05, 0.1) is 0 Å². The summed E-state index contributed by atoms with van der Waals surface area (Å²) in [6, 6.07) is 10.4. The van der Waals surface area contributed by atoms with Gasteiger partial charge in [-0.05, 0) is 30.2 Å². The zero-order valence-electron chi connectivity index (χ0n) is 19.0. The number of aliphatic imine (C=N–C) groups is 2. The number of nitrogens with zero attached hydrogens (tertiary/aromatic N) is 3. The molecule has 1 aliphatic heterocycles. The average Bonchev–Trinajstić information content (AvgIpc) is 2.71. The lowest BCUT2D eigenvalue weighted by Crippen LogP contribution is -2.50. The first-order chi connectivity index (χ1) is 14.3. The van der Waals surface area contributed by atoms with E-state index in [2.05, 4.69) is 65.8 Å². The molecule has 0 aromatic heterocycles. The molecule has 0 atom stereocenters. The second kappa shape index (κ2) is 14.6. The number of unbranched alkanes of at least 4 members (excludes halogenated alkanes) is 2. The Balaban J connectivity index is 0.00000103. The third-order valence-electron chi connectivity index (χ3n) is 4.79. The predicted molar refractivity (Wildman–Crippen MR) is 124 cm³/mol. The van der Waals surface area contributed by atoms with Crippen LogP contribution in [-0.2, 0) is 11.3 Å². The molecule has 2 rings (SSSR count). The Bertz CT molecular complexity index is 655. The Kier molecular flexibility index (Phi) is 12.4. The summed E-state index contributed by atoms with van der Waals surface area (Å²) in [5.74, 6) is 0.00561. The van der Waals surface area contributed by atoms with Gasteiger partial charge >= 0.3 is 0 Å². The van der Waals surface area contributed by atoms with E-state index in [4.69, 9.17) is 9.90 Å². The van der Waals surface area contributed by atoms with Crippen LogP contribution in [0.4, 0.5) is 0 Å². The van der Waals surface area contributed by atoms with E-state index in [1.165, 1.54) is 37.7 Å². The smallest absolute Gasteiger partial charge is 0.300 e. The Morgan fingerprint density at radius 1 is 1.17 bits per heavy atom. The molecule has 7 nitrogen and oxygen atoms in total. The number of benzene rings is 1. The lowest BCUT2D eigenvalue weighted by Gasteiger charge is -2.27. The minimum Gasteiger partial charge on any atom is -0.481 e. The molecule has 1 aliphatic rings. The Hall–Kier alpha value is -2.41. The van der Waals surface area contributed by atoms with Crippen LogP contribution >= 0.6 is 0 Å². The lowest BCUT2D eigenvalue weighted by atomic mass is 9.82. The third kappa shape index (κ3) is 12.2. The fourth-order valence-corrected chi connectivity index (χ4v) is 3.14. The van der Waals surface area contributed by atoms with E-state index < -0.39 is 5.97 Å². The van der Waals surface area contributed by atoms with Crippen molar-refractivity contribution in [2.45, 2.75) is 72.8 Å². The van der Waals surface area contributed by atoms with Crippen LogP contribution in [0.15, 0.2) is 40.3 Å². The zero-order valence-corrected chi connectivity index (χ0v) is 19.0. The summed E-state index contributed by atoms with van der Waals surface area (Å²) < 4.78 is 0. The number of nitrogens with one attached hydrogen (secondary N) is 2. The normalized spacial score (nSPS) is 13.3. The fourth-order valence-electron chi connectivity index (χ4n) is 3.14. The van der Waals surface area contributed by atoms with Gasteiger partial charge in [0.25, 0.3) is 5.97 Å². The Morgan fingerprint density at radius 2 is 1.83 bits per heavy atom. The maximum Gasteiger partial charge on any atom is 0.300 e. The fraction of sp³-hybridized carbons (Fsp3) is 0.609. The summed E-state index contributed by atoms with van der Waals surface area (Å²) >= 11 is 0. The molecule has 7 heteroatoms. The molecule has 0 saturated heterocycles. The standard InChI is InChI=1S/C21H35N5.C2H4O2/c1-4-5-9-13-21(2,3)14-10-15-25-26-18-22-17-24-20(26)23-16-19-11-7-6-8-12-19;1-2(3)4/h6-8,11-12,18,25H,4-5,9-10,13-17H2,1-3H3,(H,23,24);1H3,(H,3,4). The molecule has 0 radical (unpaired) electrons. The second-order valence-corrected chi connectivity index (χ2v) is 8.28. The molecular formula is C23H39N5O2. The molecule has 168 valence electrons. The minimum absolute atomic E-state index is 0.426. The van der Waals surface area contributed by atoms with E-state index in [9.17, 15) is 0 Å². The number of hydrogen-bond acceptors (Lipinski definition) is 6. The molecule has 0 unspecified atom stereocenters. The van der Waals surface area contributed by atoms with Crippen LogP contribution in [0.5, 0.6) is 0 Å². The van der Waals surface area contributed by atoms with Crippen molar-refractivity contribution in [1.29, 1.82) is 0 Å². The maximum atomic E-state index is 9.00. The van der Waals surface area contributed by atoms with Gasteiger partial charge in [-0.15, -0.1) is 0 Å². The summed E-state index contributed by atoms with van der Waals surface area (Å²) in [7, 11) is 0. The molecule has 0 aliphatic carbocycles. The number of guanidine groups is 1. The number of hydrogen-bond donors (Lipinski definition) is 3. The number of aliphatic carboxylic acids is 1. The van der Waals surface area contributed by atoms with Crippen LogP contribution in [0.25, 0.3) is 0 Å². The van der Waals surface area contributed by atoms with E-state index in [-0.39, 0.29) is 0 Å². The topological polar surface area (TPSA) is 89.3 Å². The van der Waals surface area contributed by atoms with Crippen LogP contribution in [0.3, 0.4) is 0 Å². The van der Waals surface area contributed by atoms with Crippen LogP contribution < -0.4 is 10.7 Å². The predicted octanol–water partition coefficient (Wildman–Crippen LogP) is 4.42. The van der Waals surface area contributed by atoms with E-state index in [0.29, 0.717) is 12.1 Å². The van der Waals surface area contributed by atoms with Gasteiger partial charge in [0.1, 0.15) is 13.0 Å². The molecule has 0 spiro atoms. The first-order valence-corrected chi connectivity index (χ1v) is 10.9. The molecule has 0 bridgehead atoms. The van der Waals surface area contributed by atoms with E-state index in [1.54, 1.807) is 0 Å². The largest absolute Gasteiger partial charge is 0.481 e. The number of rotatable bonds is 11. The number of carboxylic acid groups (broad SMARTS) is 1. The lowest BCUT2D eigenvalue weighted by molar-refractivity contribution is -0.134. The van der Waals surface area contributed by atoms with Crippen molar-refractivity contribution < 1.29 is 9.90 Å². The average molecular weight is 418 g/mol. The van der Waals surface area contributed by atoms with Crippen LogP contribution in [-0.4, -0.2) is 41.6 Å². The maximum absolute atomic E-state index is 9.00. The molecule has 0 amide bonds. The second-order valence-electron chi connectivity index (χ2n) is 8.28. The van der Waals surface area contributed by atoms with Gasteiger partial charge < -0.3 is 10.4 Å². The number of carbonyl (C=O) groups is 1. The number of hydrazine groups is 1. The van der Waals surface area contributed by atoms with Gasteiger partial charge in [-0.1, -0.05) is 70.4 Å². The highest BCUT2D eigenvalue weighted by Gasteiger charge is 2.17. The van der Waals surface area contributed by atoms with Gasteiger partial charge in [0, 0.05) is 20.0 Å². The monoisotopic (exact) mass is 417 g/mol. The zero-order chi connectivity index (χ0) is 22.2. The first-order valence-electron chi connectivity index (χ1n) is 10.9. The van der Waals surface area contributed by atoms with Crippen molar-refractivity contribution >= 4 is 18.3 Å². The molecule has 1 aromatic carbocycles. The summed E-state index contributed by atoms with van der Waals surface area (Å²) in [6.07, 6.45) is 9.51. The summed E-state index contributed by atoms with van der Waals surface area (Å²) in [6.45, 7) is 10.3. The summed E-state index contributed by atoms with van der Waals surface area (Å²) in [4.78, 5) is 17.7. The van der Waals surface area contributed by atoms with Gasteiger partial charge in [0.2, 0.25) is 5.96 Å². The highest BCUT2D eigenvalue weighted by molar-refractivity contribution is 5.90. The van der Waals surface area contributed by atoms with Gasteiger partial charge in [0.15, 0.2) is 0 Å². The van der Waals surface area contributed by atoms with Gasteiger partial charge in [-0.25, -0.2) is 15.4 Å². The highest BCUT2D eigenvalue weighted by atomic mass is 16.4. The van der Waals surface area contributed by atoms with Crippen molar-refractivity contribution in [1.82, 2.24) is 15.8 Å². The van der Waals surface area contributed by atoms with Crippen molar-refractivity contribution in [3.63, 3.8) is 0 Å². The molecule has 0 fully saturated rings. The van der Waals surface area contributed by atoms with E-state index >= 15 is 0 Å². The molecule has 1 heterocycles. The minimum atomic E-state index is -0.833. The van der Waals surface area contributed by atoms with Gasteiger partial charge in [-0.3, -0.25) is 9.79 Å².